The van der Waals surface area contributed by atoms with E-state index in [1.54, 1.807) is 6.07 Å². The Morgan fingerprint density at radius 2 is 2.31 bits per heavy atom. The number of hydrogen-bond donors (Lipinski definition) is 1. The molecule has 0 unspecified atom stereocenters. The topological polar surface area (TPSA) is 48.1 Å². The van der Waals surface area contributed by atoms with E-state index in [4.69, 9.17) is 10.5 Å². The van der Waals surface area contributed by atoms with Gasteiger partial charge in [0.1, 0.15) is 5.52 Å². The van der Waals surface area contributed by atoms with Crippen LogP contribution in [-0.2, 0) is 0 Å². The Labute approximate surface area is 78.0 Å². The smallest absolute Gasteiger partial charge is 0.181 e. The number of nitrogens with zero attached hydrogens (tertiary/aromatic N) is 1. The highest BCUT2D eigenvalue weighted by molar-refractivity contribution is 7.22. The predicted octanol–water partition coefficient (Wildman–Crippen LogP) is 2.03. The maximum Gasteiger partial charge on any atom is 0.181 e. The van der Waals surface area contributed by atoms with Crippen LogP contribution in [0.4, 0.5) is 9.52 Å². The second kappa shape index (κ2) is 2.85. The van der Waals surface area contributed by atoms with E-state index < -0.39 is 5.82 Å². The first kappa shape index (κ1) is 8.25. The summed E-state index contributed by atoms with van der Waals surface area (Å²) in [6, 6.07) is 2.99. The van der Waals surface area contributed by atoms with Crippen molar-refractivity contribution in [3.63, 3.8) is 0 Å². The molecule has 0 spiro atoms. The summed E-state index contributed by atoms with van der Waals surface area (Å²) in [7, 11) is 1.41. The molecule has 13 heavy (non-hydrogen) atoms. The van der Waals surface area contributed by atoms with Crippen LogP contribution in [0.5, 0.6) is 5.75 Å². The molecular formula is C8H7FN2OS. The van der Waals surface area contributed by atoms with Crippen molar-refractivity contribution in [2.75, 3.05) is 12.8 Å². The molecular weight excluding hydrogens is 191 g/mol. The number of ether oxygens (including phenoxy) is 1. The van der Waals surface area contributed by atoms with Crippen LogP contribution in [0.25, 0.3) is 10.2 Å². The van der Waals surface area contributed by atoms with E-state index in [2.05, 4.69) is 4.98 Å². The molecule has 0 saturated heterocycles. The van der Waals surface area contributed by atoms with E-state index >= 15 is 0 Å². The van der Waals surface area contributed by atoms with Crippen molar-refractivity contribution in [1.82, 2.24) is 4.98 Å². The summed E-state index contributed by atoms with van der Waals surface area (Å²) < 4.78 is 18.8. The number of fused-ring (bicyclic) bond motifs is 1. The predicted molar refractivity (Wildman–Crippen MR) is 50.5 cm³/mol. The molecule has 0 amide bonds. The SMILES string of the molecule is COc1c(F)ccc2sc(N)nc12. The summed E-state index contributed by atoms with van der Waals surface area (Å²) in [4.78, 5) is 3.98. The van der Waals surface area contributed by atoms with Crippen molar-refractivity contribution in [3.05, 3.63) is 17.9 Å². The molecule has 0 aliphatic rings. The number of halogens is 1. The standard InChI is InChI=1S/C8H7FN2OS/c1-12-7-4(9)2-3-5-6(7)11-8(10)13-5/h2-3H,1H3,(H2,10,11). The molecule has 0 atom stereocenters. The van der Waals surface area contributed by atoms with E-state index in [-0.39, 0.29) is 5.75 Å². The third-order valence-electron chi connectivity index (χ3n) is 1.69. The first-order valence-electron chi connectivity index (χ1n) is 3.61. The van der Waals surface area contributed by atoms with Gasteiger partial charge in [-0.1, -0.05) is 11.3 Å². The Hall–Kier alpha value is -1.36. The van der Waals surface area contributed by atoms with Crippen LogP contribution in [0.15, 0.2) is 12.1 Å². The van der Waals surface area contributed by atoms with Crippen LogP contribution >= 0.6 is 11.3 Å². The Kier molecular flexibility index (Phi) is 1.81. The molecule has 68 valence electrons. The van der Waals surface area contributed by atoms with Crippen LogP contribution in [0.1, 0.15) is 0 Å². The minimum Gasteiger partial charge on any atom is -0.491 e. The maximum atomic E-state index is 13.1. The van der Waals surface area contributed by atoms with Gasteiger partial charge in [-0.15, -0.1) is 0 Å². The molecule has 3 nitrogen and oxygen atoms in total. The van der Waals surface area contributed by atoms with Crippen molar-refractivity contribution >= 4 is 26.7 Å². The van der Waals surface area contributed by atoms with E-state index in [1.807, 2.05) is 0 Å². The third-order valence-corrected chi connectivity index (χ3v) is 2.54. The molecule has 1 aromatic carbocycles. The number of anilines is 1. The Balaban J connectivity index is 2.82. The van der Waals surface area contributed by atoms with Crippen molar-refractivity contribution < 1.29 is 9.13 Å². The summed E-state index contributed by atoms with van der Waals surface area (Å²) in [5, 5.41) is 0.416. The molecule has 0 bridgehead atoms. The molecule has 0 fully saturated rings. The summed E-state index contributed by atoms with van der Waals surface area (Å²) >= 11 is 1.31. The lowest BCUT2D eigenvalue weighted by Crippen LogP contribution is -1.89. The van der Waals surface area contributed by atoms with Crippen LogP contribution in [0.2, 0.25) is 0 Å². The van der Waals surface area contributed by atoms with Crippen molar-refractivity contribution in [3.8, 4) is 5.75 Å². The average molecular weight is 198 g/mol. The maximum absolute atomic E-state index is 13.1. The normalized spacial score (nSPS) is 10.6. The Morgan fingerprint density at radius 1 is 1.54 bits per heavy atom. The molecule has 0 radical (unpaired) electrons. The van der Waals surface area contributed by atoms with Crippen LogP contribution in [-0.4, -0.2) is 12.1 Å². The molecule has 0 aliphatic heterocycles. The van der Waals surface area contributed by atoms with E-state index in [0.29, 0.717) is 10.6 Å². The number of aromatic nitrogens is 1. The molecule has 2 N–H and O–H groups in total. The van der Waals surface area contributed by atoms with Gasteiger partial charge in [0, 0.05) is 0 Å². The van der Waals surface area contributed by atoms with E-state index in [1.165, 1.54) is 24.5 Å². The highest BCUT2D eigenvalue weighted by atomic mass is 32.1. The largest absolute Gasteiger partial charge is 0.491 e. The average Bonchev–Trinajstić information content (AvgIpc) is 2.45. The zero-order valence-electron chi connectivity index (χ0n) is 6.87. The quantitative estimate of drug-likeness (QED) is 0.762. The first-order chi connectivity index (χ1) is 6.22. The van der Waals surface area contributed by atoms with Gasteiger partial charge >= 0.3 is 0 Å². The molecule has 1 aromatic heterocycles. The molecule has 2 rings (SSSR count). The zero-order chi connectivity index (χ0) is 9.42. The lowest BCUT2D eigenvalue weighted by atomic mass is 10.3. The summed E-state index contributed by atoms with van der Waals surface area (Å²) in [5.74, 6) is -0.259. The lowest BCUT2D eigenvalue weighted by molar-refractivity contribution is 0.391. The van der Waals surface area contributed by atoms with Gasteiger partial charge in [0.05, 0.1) is 11.8 Å². The number of nitrogen functional groups attached to an aromatic ring is 1. The van der Waals surface area contributed by atoms with Gasteiger partial charge in [0.2, 0.25) is 0 Å². The van der Waals surface area contributed by atoms with Crippen molar-refractivity contribution in [2.24, 2.45) is 0 Å². The van der Waals surface area contributed by atoms with Crippen molar-refractivity contribution in [1.29, 1.82) is 0 Å². The second-order valence-electron chi connectivity index (χ2n) is 2.48. The van der Waals surface area contributed by atoms with Crippen LogP contribution in [0.3, 0.4) is 0 Å². The summed E-state index contributed by atoms with van der Waals surface area (Å²) in [5.41, 5.74) is 5.98. The van der Waals surface area contributed by atoms with Crippen LogP contribution in [0, 0.1) is 5.82 Å². The monoisotopic (exact) mass is 198 g/mol. The molecule has 0 aliphatic carbocycles. The summed E-state index contributed by atoms with van der Waals surface area (Å²) in [6.45, 7) is 0. The van der Waals surface area contributed by atoms with E-state index in [9.17, 15) is 4.39 Å². The van der Waals surface area contributed by atoms with Crippen molar-refractivity contribution in [2.45, 2.75) is 0 Å². The molecule has 1 heterocycles. The van der Waals surface area contributed by atoms with Gasteiger partial charge in [0.15, 0.2) is 16.7 Å². The number of hydrogen-bond acceptors (Lipinski definition) is 4. The Morgan fingerprint density at radius 3 is 3.00 bits per heavy atom. The number of methoxy groups -OCH3 is 1. The minimum atomic E-state index is -0.416. The molecule has 2 aromatic rings. The summed E-state index contributed by atoms with van der Waals surface area (Å²) in [6.07, 6.45) is 0. The fraction of sp³-hybridized carbons (Fsp3) is 0.125. The highest BCUT2D eigenvalue weighted by Gasteiger charge is 2.11. The number of nitrogens with two attached hydrogens (primary N) is 1. The highest BCUT2D eigenvalue weighted by Crippen LogP contribution is 2.32. The fourth-order valence-electron chi connectivity index (χ4n) is 1.16. The lowest BCUT2D eigenvalue weighted by Gasteiger charge is -2.00. The first-order valence-corrected chi connectivity index (χ1v) is 4.42. The third kappa shape index (κ3) is 1.21. The second-order valence-corrected chi connectivity index (χ2v) is 3.54. The van der Waals surface area contributed by atoms with Gasteiger partial charge in [-0.2, -0.15) is 0 Å². The van der Waals surface area contributed by atoms with Gasteiger partial charge in [-0.25, -0.2) is 9.37 Å². The fourth-order valence-corrected chi connectivity index (χ4v) is 1.89. The Bertz CT molecular complexity index is 455. The van der Waals surface area contributed by atoms with Gasteiger partial charge in [-0.05, 0) is 12.1 Å². The zero-order valence-corrected chi connectivity index (χ0v) is 7.69. The van der Waals surface area contributed by atoms with Gasteiger partial charge in [0.25, 0.3) is 0 Å². The van der Waals surface area contributed by atoms with E-state index in [0.717, 1.165) is 4.70 Å². The molecule has 0 saturated carbocycles. The number of thiazole rings is 1. The number of benzene rings is 1. The van der Waals surface area contributed by atoms with Crippen LogP contribution < -0.4 is 10.5 Å². The molecule has 5 heteroatoms. The van der Waals surface area contributed by atoms with Gasteiger partial charge in [-0.3, -0.25) is 0 Å². The minimum absolute atomic E-state index is 0.158. The number of rotatable bonds is 1. The van der Waals surface area contributed by atoms with Gasteiger partial charge < -0.3 is 10.5 Å².